The summed E-state index contributed by atoms with van der Waals surface area (Å²) in [5, 5.41) is 2.75. The Morgan fingerprint density at radius 1 is 1.39 bits per heavy atom. The number of rotatable bonds is 5. The minimum atomic E-state index is -0.601. The Hall–Kier alpha value is -1.49. The summed E-state index contributed by atoms with van der Waals surface area (Å²) in [6.45, 7) is 4.18. The van der Waals surface area contributed by atoms with Gasteiger partial charge in [0.1, 0.15) is 11.6 Å². The number of halogens is 2. The van der Waals surface area contributed by atoms with E-state index in [9.17, 15) is 13.6 Å². The van der Waals surface area contributed by atoms with Gasteiger partial charge in [-0.15, -0.1) is 0 Å². The lowest BCUT2D eigenvalue weighted by Gasteiger charge is -2.17. The van der Waals surface area contributed by atoms with Crippen molar-refractivity contribution in [1.82, 2.24) is 10.2 Å². The van der Waals surface area contributed by atoms with Crippen molar-refractivity contribution >= 4 is 5.91 Å². The van der Waals surface area contributed by atoms with E-state index in [1.165, 1.54) is 12.1 Å². The summed E-state index contributed by atoms with van der Waals surface area (Å²) >= 11 is 0. The molecule has 1 amide bonds. The molecule has 3 nitrogen and oxygen atoms in total. The van der Waals surface area contributed by atoms with Crippen LogP contribution in [0.3, 0.4) is 0 Å². The predicted octanol–water partition coefficient (Wildman–Crippen LogP) is 1.92. The molecule has 0 atom stereocenters. The Kier molecular flexibility index (Phi) is 5.22. The van der Waals surface area contributed by atoms with Gasteiger partial charge in [0, 0.05) is 24.2 Å². The van der Waals surface area contributed by atoms with Crippen LogP contribution in [0.15, 0.2) is 18.2 Å². The van der Waals surface area contributed by atoms with Crippen LogP contribution in [-0.4, -0.2) is 30.4 Å². The third kappa shape index (κ3) is 4.79. The van der Waals surface area contributed by atoms with E-state index in [0.29, 0.717) is 5.56 Å². The summed E-state index contributed by atoms with van der Waals surface area (Å²) in [4.78, 5) is 13.2. The number of hydrogen-bond acceptors (Lipinski definition) is 2. The SMILES string of the molecule is CC(C)NC(=O)CN(C)Cc1ccc(F)cc1F. The lowest BCUT2D eigenvalue weighted by Crippen LogP contribution is -2.38. The highest BCUT2D eigenvalue weighted by molar-refractivity contribution is 5.78. The van der Waals surface area contributed by atoms with Crippen LogP contribution < -0.4 is 5.32 Å². The van der Waals surface area contributed by atoms with Gasteiger partial charge < -0.3 is 5.32 Å². The highest BCUT2D eigenvalue weighted by Crippen LogP contribution is 2.11. The van der Waals surface area contributed by atoms with Crippen LogP contribution >= 0.6 is 0 Å². The zero-order chi connectivity index (χ0) is 13.7. The fraction of sp³-hybridized carbons (Fsp3) is 0.462. The lowest BCUT2D eigenvalue weighted by atomic mass is 10.2. The second-order valence-electron chi connectivity index (χ2n) is 4.63. The summed E-state index contributed by atoms with van der Waals surface area (Å²) in [7, 11) is 1.71. The number of carbonyl (C=O) groups excluding carboxylic acids is 1. The van der Waals surface area contributed by atoms with E-state index in [1.807, 2.05) is 13.8 Å². The lowest BCUT2D eigenvalue weighted by molar-refractivity contribution is -0.122. The molecule has 0 unspecified atom stereocenters. The largest absolute Gasteiger partial charge is 0.353 e. The van der Waals surface area contributed by atoms with E-state index >= 15 is 0 Å². The van der Waals surface area contributed by atoms with Crippen molar-refractivity contribution in [2.45, 2.75) is 26.4 Å². The van der Waals surface area contributed by atoms with E-state index in [4.69, 9.17) is 0 Å². The van der Waals surface area contributed by atoms with Gasteiger partial charge in [0.25, 0.3) is 0 Å². The van der Waals surface area contributed by atoms with E-state index in [2.05, 4.69) is 5.32 Å². The zero-order valence-corrected chi connectivity index (χ0v) is 10.8. The van der Waals surface area contributed by atoms with E-state index in [1.54, 1.807) is 11.9 Å². The van der Waals surface area contributed by atoms with Gasteiger partial charge in [0.05, 0.1) is 6.54 Å². The zero-order valence-electron chi connectivity index (χ0n) is 10.8. The number of amides is 1. The molecule has 0 heterocycles. The molecular weight excluding hydrogens is 238 g/mol. The van der Waals surface area contributed by atoms with Crippen LogP contribution in [0.4, 0.5) is 8.78 Å². The molecule has 0 bridgehead atoms. The molecule has 18 heavy (non-hydrogen) atoms. The van der Waals surface area contributed by atoms with E-state index in [-0.39, 0.29) is 25.0 Å². The van der Waals surface area contributed by atoms with Crippen molar-refractivity contribution in [3.05, 3.63) is 35.4 Å². The molecule has 5 heteroatoms. The predicted molar refractivity (Wildman–Crippen MR) is 66.0 cm³/mol. The van der Waals surface area contributed by atoms with Gasteiger partial charge in [-0.25, -0.2) is 8.78 Å². The number of hydrogen-bond donors (Lipinski definition) is 1. The first-order valence-corrected chi connectivity index (χ1v) is 5.80. The van der Waals surface area contributed by atoms with Crippen molar-refractivity contribution in [2.24, 2.45) is 0 Å². The number of benzene rings is 1. The normalized spacial score (nSPS) is 11.1. The van der Waals surface area contributed by atoms with Crippen molar-refractivity contribution in [3.8, 4) is 0 Å². The molecule has 0 saturated carbocycles. The minimum absolute atomic E-state index is 0.0773. The Morgan fingerprint density at radius 3 is 2.61 bits per heavy atom. The third-order valence-electron chi connectivity index (χ3n) is 2.32. The van der Waals surface area contributed by atoms with Gasteiger partial charge in [-0.2, -0.15) is 0 Å². The summed E-state index contributed by atoms with van der Waals surface area (Å²) in [5.74, 6) is -1.31. The monoisotopic (exact) mass is 256 g/mol. The number of likely N-dealkylation sites (N-methyl/N-ethyl adjacent to an activating group) is 1. The van der Waals surface area contributed by atoms with Crippen LogP contribution in [0.2, 0.25) is 0 Å². The first-order chi connectivity index (χ1) is 8.38. The Morgan fingerprint density at radius 2 is 2.06 bits per heavy atom. The average molecular weight is 256 g/mol. The Balaban J connectivity index is 2.54. The summed E-state index contributed by atoms with van der Waals surface area (Å²) in [6.07, 6.45) is 0. The maximum absolute atomic E-state index is 13.4. The Bertz CT molecular complexity index is 421. The highest BCUT2D eigenvalue weighted by atomic mass is 19.1. The third-order valence-corrected chi connectivity index (χ3v) is 2.32. The molecule has 1 aromatic rings. The van der Waals surface area contributed by atoms with Crippen molar-refractivity contribution < 1.29 is 13.6 Å². The average Bonchev–Trinajstić information content (AvgIpc) is 2.20. The molecular formula is C13H18F2N2O. The fourth-order valence-electron chi connectivity index (χ4n) is 1.61. The van der Waals surface area contributed by atoms with E-state index in [0.717, 1.165) is 6.07 Å². The summed E-state index contributed by atoms with van der Waals surface area (Å²) in [6, 6.07) is 3.52. The van der Waals surface area contributed by atoms with Gasteiger partial charge in [0.15, 0.2) is 0 Å². The second kappa shape index (κ2) is 6.44. The van der Waals surface area contributed by atoms with Crippen molar-refractivity contribution in [2.75, 3.05) is 13.6 Å². The standard InChI is InChI=1S/C13H18F2N2O/c1-9(2)16-13(18)8-17(3)7-10-4-5-11(14)6-12(10)15/h4-6,9H,7-8H2,1-3H3,(H,16,18). The Labute approximate surface area is 106 Å². The molecule has 0 aliphatic heterocycles. The van der Waals surface area contributed by atoms with Crippen molar-refractivity contribution in [3.63, 3.8) is 0 Å². The molecule has 0 aliphatic rings. The molecule has 1 N–H and O–H groups in total. The van der Waals surface area contributed by atoms with Crippen LogP contribution in [-0.2, 0) is 11.3 Å². The molecule has 0 fully saturated rings. The van der Waals surface area contributed by atoms with Crippen LogP contribution in [0.1, 0.15) is 19.4 Å². The molecule has 0 aliphatic carbocycles. The first-order valence-electron chi connectivity index (χ1n) is 5.80. The summed E-state index contributed by atoms with van der Waals surface area (Å²) in [5.41, 5.74) is 0.372. The molecule has 100 valence electrons. The molecule has 0 saturated heterocycles. The summed E-state index contributed by atoms with van der Waals surface area (Å²) < 4.78 is 26.1. The van der Waals surface area contributed by atoms with Gasteiger partial charge in [-0.1, -0.05) is 6.07 Å². The van der Waals surface area contributed by atoms with Crippen molar-refractivity contribution in [1.29, 1.82) is 0 Å². The van der Waals surface area contributed by atoms with E-state index < -0.39 is 11.6 Å². The molecule has 0 aromatic heterocycles. The van der Waals surface area contributed by atoms with Crippen LogP contribution in [0.25, 0.3) is 0 Å². The molecule has 1 rings (SSSR count). The number of nitrogens with one attached hydrogen (secondary N) is 1. The fourth-order valence-corrected chi connectivity index (χ4v) is 1.61. The van der Waals surface area contributed by atoms with Gasteiger partial charge >= 0.3 is 0 Å². The quantitative estimate of drug-likeness (QED) is 0.873. The maximum atomic E-state index is 13.4. The highest BCUT2D eigenvalue weighted by Gasteiger charge is 2.10. The maximum Gasteiger partial charge on any atom is 0.234 e. The van der Waals surface area contributed by atoms with Gasteiger partial charge in [0.2, 0.25) is 5.91 Å². The van der Waals surface area contributed by atoms with Gasteiger partial charge in [-0.05, 0) is 27.0 Å². The number of carbonyl (C=O) groups is 1. The minimum Gasteiger partial charge on any atom is -0.353 e. The van der Waals surface area contributed by atoms with Crippen LogP contribution in [0, 0.1) is 11.6 Å². The second-order valence-corrected chi connectivity index (χ2v) is 4.63. The first kappa shape index (κ1) is 14.6. The smallest absolute Gasteiger partial charge is 0.234 e. The number of nitrogens with zero attached hydrogens (tertiary/aromatic N) is 1. The molecule has 0 spiro atoms. The van der Waals surface area contributed by atoms with Gasteiger partial charge in [-0.3, -0.25) is 9.69 Å². The van der Waals surface area contributed by atoms with Crippen LogP contribution in [0.5, 0.6) is 0 Å². The molecule has 1 aromatic carbocycles. The topological polar surface area (TPSA) is 32.3 Å². The molecule has 0 radical (unpaired) electrons.